The normalized spacial score (nSPS) is 18.1. The summed E-state index contributed by atoms with van der Waals surface area (Å²) >= 11 is 0. The van der Waals surface area contributed by atoms with Gasteiger partial charge in [-0.05, 0) is 37.1 Å². The fourth-order valence-corrected chi connectivity index (χ4v) is 3.00. The lowest BCUT2D eigenvalue weighted by molar-refractivity contribution is 0.524. The lowest BCUT2D eigenvalue weighted by Crippen LogP contribution is -2.42. The van der Waals surface area contributed by atoms with Crippen LogP contribution in [0.4, 0.5) is 11.6 Å². The quantitative estimate of drug-likeness (QED) is 0.802. The van der Waals surface area contributed by atoms with Gasteiger partial charge in [0.25, 0.3) is 0 Å². The number of hydrogen-bond donors (Lipinski definition) is 1. The number of nitrogens with one attached hydrogen (secondary N) is 1. The van der Waals surface area contributed by atoms with E-state index in [1.165, 1.54) is 0 Å². The first kappa shape index (κ1) is 13.9. The van der Waals surface area contributed by atoms with Crippen LogP contribution in [0.15, 0.2) is 48.8 Å². The summed E-state index contributed by atoms with van der Waals surface area (Å²) in [7, 11) is 0. The van der Waals surface area contributed by atoms with Crippen LogP contribution in [0.5, 0.6) is 0 Å². The van der Waals surface area contributed by atoms with Crippen LogP contribution >= 0.6 is 0 Å². The van der Waals surface area contributed by atoms with Gasteiger partial charge in [-0.15, -0.1) is 5.10 Å². The molecule has 0 bridgehead atoms. The van der Waals surface area contributed by atoms with Gasteiger partial charge in [0.2, 0.25) is 0 Å². The molecule has 3 heterocycles. The second-order valence-corrected chi connectivity index (χ2v) is 5.76. The van der Waals surface area contributed by atoms with Crippen molar-refractivity contribution in [2.24, 2.45) is 0 Å². The molecule has 6 nitrogen and oxygen atoms in total. The van der Waals surface area contributed by atoms with Crippen LogP contribution < -0.4 is 10.2 Å². The van der Waals surface area contributed by atoms with Crippen molar-refractivity contribution in [3.63, 3.8) is 0 Å². The first-order valence-electron chi connectivity index (χ1n) is 7.89. The van der Waals surface area contributed by atoms with Crippen molar-refractivity contribution in [2.75, 3.05) is 23.3 Å². The van der Waals surface area contributed by atoms with Gasteiger partial charge in [0, 0.05) is 25.3 Å². The average molecular weight is 306 g/mol. The Morgan fingerprint density at radius 3 is 2.87 bits per heavy atom. The number of nitrogens with zero attached hydrogens (tertiary/aromatic N) is 5. The van der Waals surface area contributed by atoms with Gasteiger partial charge in [0.05, 0.1) is 17.2 Å². The minimum Gasteiger partial charge on any atom is -0.364 e. The van der Waals surface area contributed by atoms with E-state index in [-0.39, 0.29) is 0 Å². The van der Waals surface area contributed by atoms with Gasteiger partial charge >= 0.3 is 0 Å². The first-order valence-corrected chi connectivity index (χ1v) is 7.89. The standard InChI is InChI=1S/C17H18N6/c1-2-7-15-14(6-1)18-11-16(21-15)20-13-5-4-10-23(12-13)17-8-3-9-19-22-17/h1-3,6-9,11,13H,4-5,10,12H2,(H,20,21). The molecule has 0 spiro atoms. The van der Waals surface area contributed by atoms with Crippen molar-refractivity contribution in [2.45, 2.75) is 18.9 Å². The molecular formula is C17H18N6. The second-order valence-electron chi connectivity index (χ2n) is 5.76. The lowest BCUT2D eigenvalue weighted by atomic mass is 10.1. The van der Waals surface area contributed by atoms with Gasteiger partial charge in [-0.1, -0.05) is 12.1 Å². The number of para-hydroxylation sites is 2. The molecule has 1 fully saturated rings. The van der Waals surface area contributed by atoms with Crippen LogP contribution in [0, 0.1) is 0 Å². The maximum atomic E-state index is 4.65. The second kappa shape index (κ2) is 6.16. The number of benzene rings is 1. The number of rotatable bonds is 3. The number of anilines is 2. The Kier molecular flexibility index (Phi) is 3.71. The van der Waals surface area contributed by atoms with Crippen molar-refractivity contribution in [1.82, 2.24) is 20.2 Å². The van der Waals surface area contributed by atoms with Gasteiger partial charge in [-0.25, -0.2) is 4.98 Å². The Hall–Kier alpha value is -2.76. The number of piperidine rings is 1. The number of fused-ring (bicyclic) bond motifs is 1. The van der Waals surface area contributed by atoms with Crippen LogP contribution in [-0.2, 0) is 0 Å². The predicted molar refractivity (Wildman–Crippen MR) is 90.4 cm³/mol. The maximum Gasteiger partial charge on any atom is 0.151 e. The number of hydrogen-bond acceptors (Lipinski definition) is 6. The molecule has 1 aliphatic heterocycles. The summed E-state index contributed by atoms with van der Waals surface area (Å²) in [6.07, 6.45) is 5.75. The summed E-state index contributed by atoms with van der Waals surface area (Å²) in [6, 6.07) is 12.2. The van der Waals surface area contributed by atoms with E-state index in [1.807, 2.05) is 42.6 Å². The summed E-state index contributed by atoms with van der Waals surface area (Å²) in [5, 5.41) is 11.7. The van der Waals surface area contributed by atoms with Crippen molar-refractivity contribution < 1.29 is 0 Å². The van der Waals surface area contributed by atoms with Crippen molar-refractivity contribution in [3.8, 4) is 0 Å². The minimum absolute atomic E-state index is 0.334. The maximum absolute atomic E-state index is 4.65. The average Bonchev–Trinajstić information content (AvgIpc) is 2.63. The van der Waals surface area contributed by atoms with Crippen molar-refractivity contribution >= 4 is 22.7 Å². The Balaban J connectivity index is 1.49. The van der Waals surface area contributed by atoms with Crippen LogP contribution in [0.25, 0.3) is 11.0 Å². The molecule has 4 rings (SSSR count). The molecule has 1 aromatic carbocycles. The van der Waals surface area contributed by atoms with Gasteiger partial charge in [-0.2, -0.15) is 5.10 Å². The number of aromatic nitrogens is 4. The molecule has 0 saturated carbocycles. The van der Waals surface area contributed by atoms with E-state index >= 15 is 0 Å². The molecule has 1 N–H and O–H groups in total. The third-order valence-corrected chi connectivity index (χ3v) is 4.10. The molecule has 23 heavy (non-hydrogen) atoms. The molecular weight excluding hydrogens is 288 g/mol. The van der Waals surface area contributed by atoms with E-state index in [2.05, 4.69) is 30.4 Å². The van der Waals surface area contributed by atoms with E-state index < -0.39 is 0 Å². The summed E-state index contributed by atoms with van der Waals surface area (Å²) in [6.45, 7) is 1.91. The van der Waals surface area contributed by atoms with Crippen LogP contribution in [0.1, 0.15) is 12.8 Å². The van der Waals surface area contributed by atoms with E-state index in [0.29, 0.717) is 6.04 Å². The summed E-state index contributed by atoms with van der Waals surface area (Å²) < 4.78 is 0. The molecule has 3 aromatic rings. The van der Waals surface area contributed by atoms with Crippen molar-refractivity contribution in [3.05, 3.63) is 48.8 Å². The Morgan fingerprint density at radius 2 is 2.00 bits per heavy atom. The van der Waals surface area contributed by atoms with E-state index in [0.717, 1.165) is 48.6 Å². The molecule has 116 valence electrons. The highest BCUT2D eigenvalue weighted by Crippen LogP contribution is 2.20. The Morgan fingerprint density at radius 1 is 1.09 bits per heavy atom. The topological polar surface area (TPSA) is 66.8 Å². The zero-order chi connectivity index (χ0) is 15.5. The van der Waals surface area contributed by atoms with Gasteiger partial charge in [0.1, 0.15) is 5.82 Å². The van der Waals surface area contributed by atoms with E-state index in [9.17, 15) is 0 Å². The monoisotopic (exact) mass is 306 g/mol. The summed E-state index contributed by atoms with van der Waals surface area (Å²) in [5.41, 5.74) is 1.84. The minimum atomic E-state index is 0.334. The highest BCUT2D eigenvalue weighted by molar-refractivity contribution is 5.75. The molecule has 1 unspecified atom stereocenters. The third-order valence-electron chi connectivity index (χ3n) is 4.10. The zero-order valence-corrected chi connectivity index (χ0v) is 12.8. The van der Waals surface area contributed by atoms with E-state index in [1.54, 1.807) is 6.20 Å². The smallest absolute Gasteiger partial charge is 0.151 e. The molecule has 2 aromatic heterocycles. The molecule has 0 radical (unpaired) electrons. The van der Waals surface area contributed by atoms with E-state index in [4.69, 9.17) is 0 Å². The fourth-order valence-electron chi connectivity index (χ4n) is 3.00. The lowest BCUT2D eigenvalue weighted by Gasteiger charge is -2.33. The summed E-state index contributed by atoms with van der Waals surface area (Å²) in [5.74, 6) is 1.76. The molecule has 6 heteroatoms. The van der Waals surface area contributed by atoms with Crippen LogP contribution in [0.2, 0.25) is 0 Å². The van der Waals surface area contributed by atoms with Gasteiger partial charge < -0.3 is 10.2 Å². The predicted octanol–water partition coefficient (Wildman–Crippen LogP) is 2.50. The Bertz CT molecular complexity index is 791. The molecule has 0 aliphatic carbocycles. The van der Waals surface area contributed by atoms with Crippen LogP contribution in [0.3, 0.4) is 0 Å². The van der Waals surface area contributed by atoms with Crippen molar-refractivity contribution in [1.29, 1.82) is 0 Å². The largest absolute Gasteiger partial charge is 0.364 e. The zero-order valence-electron chi connectivity index (χ0n) is 12.8. The fraction of sp³-hybridized carbons (Fsp3) is 0.294. The van der Waals surface area contributed by atoms with Gasteiger partial charge in [0.15, 0.2) is 5.82 Å². The first-order chi connectivity index (χ1) is 11.4. The SMILES string of the molecule is c1cnnc(N2CCCC(Nc3cnc4ccccc4n3)C2)c1. The highest BCUT2D eigenvalue weighted by atomic mass is 15.3. The molecule has 1 aliphatic rings. The van der Waals surface area contributed by atoms with Gasteiger partial charge in [-0.3, -0.25) is 4.98 Å². The highest BCUT2D eigenvalue weighted by Gasteiger charge is 2.21. The molecule has 1 atom stereocenters. The molecule has 1 saturated heterocycles. The van der Waals surface area contributed by atoms with Crippen LogP contribution in [-0.4, -0.2) is 39.3 Å². The Labute approximate surface area is 134 Å². The summed E-state index contributed by atoms with van der Waals surface area (Å²) in [4.78, 5) is 11.4. The molecule has 0 amide bonds. The third kappa shape index (κ3) is 3.06.